The van der Waals surface area contributed by atoms with Gasteiger partial charge in [0.05, 0.1) is 5.69 Å². The zero-order valence-electron chi connectivity index (χ0n) is 20.1. The molecular weight excluding hydrogens is 495 g/mol. The van der Waals surface area contributed by atoms with Crippen molar-refractivity contribution in [2.75, 3.05) is 18.0 Å². The molecule has 3 heterocycles. The fourth-order valence-corrected chi connectivity index (χ4v) is 4.86. The minimum atomic E-state index is -0.145. The lowest BCUT2D eigenvalue weighted by Crippen LogP contribution is -2.38. The number of rotatable bonds is 7. The summed E-state index contributed by atoms with van der Waals surface area (Å²) in [5.74, 6) is 0.719. The number of imidazole rings is 1. The Labute approximate surface area is 220 Å². The summed E-state index contributed by atoms with van der Waals surface area (Å²) >= 11 is 12.0. The summed E-state index contributed by atoms with van der Waals surface area (Å²) in [6.45, 7) is 4.31. The molecule has 1 saturated heterocycles. The zero-order valence-corrected chi connectivity index (χ0v) is 21.6. The summed E-state index contributed by atoms with van der Waals surface area (Å²) < 4.78 is 7.90. The van der Waals surface area contributed by atoms with Crippen LogP contribution in [0.3, 0.4) is 0 Å². The minimum absolute atomic E-state index is 0.145. The van der Waals surface area contributed by atoms with E-state index in [-0.39, 0.29) is 12.0 Å². The molecule has 2 aromatic heterocycles. The highest BCUT2D eigenvalue weighted by Crippen LogP contribution is 2.25. The van der Waals surface area contributed by atoms with E-state index in [0.29, 0.717) is 34.4 Å². The molecular formula is C28H28Cl2N4O2. The van der Waals surface area contributed by atoms with Crippen LogP contribution in [0.1, 0.15) is 41.5 Å². The number of nitrogens with one attached hydrogen (secondary N) is 1. The summed E-state index contributed by atoms with van der Waals surface area (Å²) in [5, 5.41) is 4.36. The third kappa shape index (κ3) is 5.45. The van der Waals surface area contributed by atoms with Crippen molar-refractivity contribution >= 4 is 40.4 Å². The molecule has 0 bridgehead atoms. The fourth-order valence-electron chi connectivity index (χ4n) is 4.58. The number of carbonyl (C=O) groups excluding carboxylic acids is 1. The van der Waals surface area contributed by atoms with E-state index < -0.39 is 0 Å². The molecule has 2 aromatic carbocycles. The molecule has 1 N–H and O–H groups in total. The van der Waals surface area contributed by atoms with Crippen molar-refractivity contribution in [2.45, 2.75) is 38.8 Å². The Balaban J connectivity index is 1.16. The van der Waals surface area contributed by atoms with Gasteiger partial charge in [-0.2, -0.15) is 0 Å². The first-order valence-electron chi connectivity index (χ1n) is 12.2. The molecule has 0 aliphatic carbocycles. The van der Waals surface area contributed by atoms with Crippen LogP contribution in [0, 0.1) is 0 Å². The van der Waals surface area contributed by atoms with Crippen molar-refractivity contribution in [1.82, 2.24) is 14.7 Å². The van der Waals surface area contributed by atoms with Gasteiger partial charge in [0.2, 0.25) is 0 Å². The smallest absolute Gasteiger partial charge is 0.270 e. The lowest BCUT2D eigenvalue weighted by atomic mass is 10.1. The van der Waals surface area contributed by atoms with Gasteiger partial charge in [0.1, 0.15) is 23.2 Å². The number of fused-ring (bicyclic) bond motifs is 1. The third-order valence-electron chi connectivity index (χ3n) is 6.52. The highest BCUT2D eigenvalue weighted by Gasteiger charge is 2.21. The first-order chi connectivity index (χ1) is 17.5. The zero-order chi connectivity index (χ0) is 25.1. The van der Waals surface area contributed by atoms with E-state index in [9.17, 15) is 4.79 Å². The van der Waals surface area contributed by atoms with Crippen LogP contribution in [0.5, 0.6) is 5.75 Å². The molecule has 5 rings (SSSR count). The van der Waals surface area contributed by atoms with Crippen LogP contribution < -0.4 is 15.0 Å². The van der Waals surface area contributed by atoms with Crippen molar-refractivity contribution in [2.24, 2.45) is 0 Å². The number of anilines is 1. The Hall–Kier alpha value is -3.22. The van der Waals surface area contributed by atoms with Gasteiger partial charge in [0, 0.05) is 60.5 Å². The molecule has 1 amide bonds. The molecule has 1 aliphatic rings. The van der Waals surface area contributed by atoms with Crippen LogP contribution >= 0.6 is 23.2 Å². The number of halogens is 2. The Morgan fingerprint density at radius 1 is 1.03 bits per heavy atom. The number of hydrogen-bond donors (Lipinski definition) is 1. The Kier molecular flexibility index (Phi) is 7.35. The number of benzene rings is 2. The first kappa shape index (κ1) is 24.5. The molecule has 1 aliphatic heterocycles. The van der Waals surface area contributed by atoms with Crippen LogP contribution in [0.25, 0.3) is 5.65 Å². The Bertz CT molecular complexity index is 1340. The normalized spacial score (nSPS) is 14.2. The van der Waals surface area contributed by atoms with Crippen LogP contribution in [-0.4, -0.2) is 34.5 Å². The first-order valence-corrected chi connectivity index (χ1v) is 13.0. The van der Waals surface area contributed by atoms with E-state index >= 15 is 0 Å². The standard InChI is InChI=1S/C28H28Cl2N4O2/c1-2-25-27(34-16-11-21(30)17-26(34)32-25)28(35)31-18-19-3-7-22(8-4-19)33-14-12-24(13-15-33)36-23-9-5-20(29)6-10-23/h3-11,16-17,24H,2,12-15,18H2,1H3,(H,31,35). The predicted octanol–water partition coefficient (Wildman–Crippen LogP) is 6.18. The highest BCUT2D eigenvalue weighted by molar-refractivity contribution is 6.31. The summed E-state index contributed by atoms with van der Waals surface area (Å²) in [5.41, 5.74) is 4.22. The SMILES string of the molecule is CCc1nc2cc(Cl)ccn2c1C(=O)NCc1ccc(N2CCC(Oc3ccc(Cl)cc3)CC2)cc1. The van der Waals surface area contributed by atoms with E-state index in [1.165, 1.54) is 5.69 Å². The lowest BCUT2D eigenvalue weighted by molar-refractivity contribution is 0.0944. The number of ether oxygens (including phenoxy) is 1. The van der Waals surface area contributed by atoms with Gasteiger partial charge in [-0.25, -0.2) is 4.98 Å². The molecule has 36 heavy (non-hydrogen) atoms. The van der Waals surface area contributed by atoms with E-state index in [0.717, 1.165) is 42.9 Å². The second-order valence-corrected chi connectivity index (χ2v) is 9.81. The molecule has 8 heteroatoms. The fraction of sp³-hybridized carbons (Fsp3) is 0.286. The average Bonchev–Trinajstić information content (AvgIpc) is 3.27. The van der Waals surface area contributed by atoms with Gasteiger partial charge in [-0.3, -0.25) is 9.20 Å². The predicted molar refractivity (Wildman–Crippen MR) is 145 cm³/mol. The topological polar surface area (TPSA) is 58.9 Å². The molecule has 4 aromatic rings. The van der Waals surface area contributed by atoms with Gasteiger partial charge in [0.15, 0.2) is 0 Å². The minimum Gasteiger partial charge on any atom is -0.490 e. The highest BCUT2D eigenvalue weighted by atomic mass is 35.5. The maximum Gasteiger partial charge on any atom is 0.270 e. The Morgan fingerprint density at radius 3 is 2.44 bits per heavy atom. The van der Waals surface area contributed by atoms with Crippen molar-refractivity contribution in [3.8, 4) is 5.75 Å². The molecule has 186 valence electrons. The number of aromatic nitrogens is 2. The quantitative estimate of drug-likeness (QED) is 0.314. The van der Waals surface area contributed by atoms with E-state index in [1.54, 1.807) is 22.7 Å². The lowest BCUT2D eigenvalue weighted by Gasteiger charge is -2.33. The summed E-state index contributed by atoms with van der Waals surface area (Å²) in [4.78, 5) is 20.0. The van der Waals surface area contributed by atoms with E-state index in [2.05, 4.69) is 39.5 Å². The van der Waals surface area contributed by atoms with Crippen LogP contribution in [0.15, 0.2) is 66.9 Å². The number of carbonyl (C=O) groups is 1. The van der Waals surface area contributed by atoms with Crippen LogP contribution in [0.4, 0.5) is 5.69 Å². The molecule has 1 fully saturated rings. The molecule has 6 nitrogen and oxygen atoms in total. The number of pyridine rings is 1. The van der Waals surface area contributed by atoms with Gasteiger partial charge in [-0.15, -0.1) is 0 Å². The molecule has 0 radical (unpaired) electrons. The molecule has 0 spiro atoms. The van der Waals surface area contributed by atoms with Crippen molar-refractivity contribution in [3.05, 3.63) is 93.9 Å². The number of nitrogens with zero attached hydrogens (tertiary/aromatic N) is 3. The number of piperidine rings is 1. The maximum atomic E-state index is 13.0. The number of aryl methyl sites for hydroxylation is 1. The van der Waals surface area contributed by atoms with E-state index in [4.69, 9.17) is 27.9 Å². The number of amides is 1. The van der Waals surface area contributed by atoms with Crippen molar-refractivity contribution in [1.29, 1.82) is 0 Å². The molecule has 0 unspecified atom stereocenters. The second-order valence-electron chi connectivity index (χ2n) is 8.94. The average molecular weight is 523 g/mol. The molecule has 0 atom stereocenters. The van der Waals surface area contributed by atoms with Gasteiger partial charge in [-0.05, 0) is 54.4 Å². The number of hydrogen-bond acceptors (Lipinski definition) is 4. The summed E-state index contributed by atoms with van der Waals surface area (Å²) in [7, 11) is 0. The monoisotopic (exact) mass is 522 g/mol. The summed E-state index contributed by atoms with van der Waals surface area (Å²) in [6.07, 6.45) is 4.59. The largest absolute Gasteiger partial charge is 0.490 e. The Morgan fingerprint density at radius 2 is 1.75 bits per heavy atom. The van der Waals surface area contributed by atoms with Crippen LogP contribution in [0.2, 0.25) is 10.0 Å². The second kappa shape index (κ2) is 10.8. The van der Waals surface area contributed by atoms with Crippen molar-refractivity contribution < 1.29 is 9.53 Å². The van der Waals surface area contributed by atoms with Crippen LogP contribution in [-0.2, 0) is 13.0 Å². The van der Waals surface area contributed by atoms with Gasteiger partial charge >= 0.3 is 0 Å². The third-order valence-corrected chi connectivity index (χ3v) is 7.01. The van der Waals surface area contributed by atoms with E-state index in [1.807, 2.05) is 31.2 Å². The summed E-state index contributed by atoms with van der Waals surface area (Å²) in [6, 6.07) is 19.5. The molecule has 0 saturated carbocycles. The van der Waals surface area contributed by atoms with Gasteiger partial charge in [-0.1, -0.05) is 42.3 Å². The van der Waals surface area contributed by atoms with Gasteiger partial charge in [0.25, 0.3) is 5.91 Å². The maximum absolute atomic E-state index is 13.0. The van der Waals surface area contributed by atoms with Crippen molar-refractivity contribution in [3.63, 3.8) is 0 Å². The van der Waals surface area contributed by atoms with Gasteiger partial charge < -0.3 is 15.0 Å².